The van der Waals surface area contributed by atoms with Gasteiger partial charge in [-0.25, -0.2) is 8.42 Å². The van der Waals surface area contributed by atoms with Crippen molar-refractivity contribution in [2.24, 2.45) is 0 Å². The molecule has 5 heteroatoms. The van der Waals surface area contributed by atoms with Gasteiger partial charge in [-0.15, -0.1) is 0 Å². The van der Waals surface area contributed by atoms with Crippen LogP contribution in [0.1, 0.15) is 20.3 Å². The molecule has 0 aliphatic carbocycles. The summed E-state index contributed by atoms with van der Waals surface area (Å²) in [7, 11) is -3.24. The van der Waals surface area contributed by atoms with Gasteiger partial charge in [0.05, 0.1) is 0 Å². The molecule has 1 atom stereocenters. The number of likely N-dealkylation sites (N-methyl/N-ethyl adjacent to an activating group) is 1. The molecule has 0 spiro atoms. The van der Waals surface area contributed by atoms with E-state index in [9.17, 15) is 8.42 Å². The van der Waals surface area contributed by atoms with E-state index in [2.05, 4.69) is 18.4 Å². The van der Waals surface area contributed by atoms with Crippen LogP contribution in [-0.2, 0) is 10.0 Å². The van der Waals surface area contributed by atoms with Crippen molar-refractivity contribution in [3.63, 3.8) is 0 Å². The number of sulfonamides is 1. The molecule has 4 nitrogen and oxygen atoms in total. The summed E-state index contributed by atoms with van der Waals surface area (Å²) in [6.45, 7) is 10.7. The fourth-order valence-corrected chi connectivity index (χ4v) is 3.11. The largest absolute Gasteiger partial charge is 0.301 e. The van der Waals surface area contributed by atoms with E-state index >= 15 is 0 Å². The Morgan fingerprint density at radius 3 is 2.53 bits per heavy atom. The standard InChI is InChI=1S/C10H20N2O2S/c1-4-10-9-11(5-2)7-8-12(10)15(13,14)6-3/h6,10H,3-5,7-9H2,1-2H3. The third kappa shape index (κ3) is 2.80. The van der Waals surface area contributed by atoms with Crippen LogP contribution >= 0.6 is 0 Å². The van der Waals surface area contributed by atoms with Crippen molar-refractivity contribution >= 4 is 10.0 Å². The van der Waals surface area contributed by atoms with E-state index < -0.39 is 10.0 Å². The van der Waals surface area contributed by atoms with Crippen molar-refractivity contribution in [1.29, 1.82) is 0 Å². The molecular formula is C10H20N2O2S. The molecule has 1 unspecified atom stereocenters. The Balaban J connectivity index is 2.79. The maximum atomic E-state index is 11.7. The van der Waals surface area contributed by atoms with E-state index in [0.717, 1.165) is 31.5 Å². The zero-order chi connectivity index (χ0) is 11.5. The number of piperazine rings is 1. The third-order valence-electron chi connectivity index (χ3n) is 2.97. The molecule has 1 rings (SSSR count). The molecule has 1 fully saturated rings. The highest BCUT2D eigenvalue weighted by molar-refractivity contribution is 7.92. The smallest absolute Gasteiger partial charge is 0.235 e. The van der Waals surface area contributed by atoms with E-state index in [-0.39, 0.29) is 6.04 Å². The topological polar surface area (TPSA) is 40.6 Å². The van der Waals surface area contributed by atoms with Gasteiger partial charge in [-0.2, -0.15) is 4.31 Å². The molecule has 0 radical (unpaired) electrons. The summed E-state index contributed by atoms with van der Waals surface area (Å²) in [6.07, 6.45) is 0.851. The van der Waals surface area contributed by atoms with Gasteiger partial charge in [0.2, 0.25) is 10.0 Å². The highest BCUT2D eigenvalue weighted by atomic mass is 32.2. The first-order chi connectivity index (χ1) is 7.05. The summed E-state index contributed by atoms with van der Waals surface area (Å²) in [5.74, 6) is 0. The quantitative estimate of drug-likeness (QED) is 0.722. The van der Waals surface area contributed by atoms with Crippen molar-refractivity contribution in [3.8, 4) is 0 Å². The van der Waals surface area contributed by atoms with Crippen molar-refractivity contribution in [2.45, 2.75) is 26.3 Å². The fraction of sp³-hybridized carbons (Fsp3) is 0.800. The summed E-state index contributed by atoms with van der Waals surface area (Å²) in [6, 6.07) is 0.0988. The first-order valence-electron chi connectivity index (χ1n) is 5.41. The van der Waals surface area contributed by atoms with Gasteiger partial charge >= 0.3 is 0 Å². The van der Waals surface area contributed by atoms with E-state index in [1.165, 1.54) is 0 Å². The molecule has 15 heavy (non-hydrogen) atoms. The lowest BCUT2D eigenvalue weighted by Crippen LogP contribution is -2.54. The highest BCUT2D eigenvalue weighted by Crippen LogP contribution is 2.17. The van der Waals surface area contributed by atoms with Crippen LogP contribution in [0.15, 0.2) is 12.0 Å². The van der Waals surface area contributed by atoms with Gasteiger partial charge in [0.15, 0.2) is 0 Å². The Morgan fingerprint density at radius 2 is 2.07 bits per heavy atom. The minimum absolute atomic E-state index is 0.0988. The molecule has 1 saturated heterocycles. The van der Waals surface area contributed by atoms with E-state index in [1.54, 1.807) is 4.31 Å². The van der Waals surface area contributed by atoms with Crippen LogP contribution in [0.2, 0.25) is 0 Å². The Kier molecular flexibility index (Phi) is 4.31. The van der Waals surface area contributed by atoms with Gasteiger partial charge in [-0.3, -0.25) is 0 Å². The van der Waals surface area contributed by atoms with Crippen LogP contribution in [0.5, 0.6) is 0 Å². The van der Waals surface area contributed by atoms with Crippen LogP contribution in [0.3, 0.4) is 0 Å². The van der Waals surface area contributed by atoms with E-state index in [4.69, 9.17) is 0 Å². The monoisotopic (exact) mass is 232 g/mol. The van der Waals surface area contributed by atoms with Crippen LogP contribution in [0.25, 0.3) is 0 Å². The molecule has 1 heterocycles. The molecule has 0 bridgehead atoms. The summed E-state index contributed by atoms with van der Waals surface area (Å²) >= 11 is 0. The molecule has 0 N–H and O–H groups in total. The minimum atomic E-state index is -3.24. The number of hydrogen-bond acceptors (Lipinski definition) is 3. The zero-order valence-corrected chi connectivity index (χ0v) is 10.3. The molecule has 88 valence electrons. The molecule has 0 aromatic heterocycles. The highest BCUT2D eigenvalue weighted by Gasteiger charge is 2.31. The lowest BCUT2D eigenvalue weighted by atomic mass is 10.1. The minimum Gasteiger partial charge on any atom is -0.301 e. The normalized spacial score (nSPS) is 25.3. The molecule has 1 aliphatic rings. The van der Waals surface area contributed by atoms with E-state index in [0.29, 0.717) is 6.54 Å². The summed E-state index contributed by atoms with van der Waals surface area (Å²) < 4.78 is 25.0. The van der Waals surface area contributed by atoms with Crippen LogP contribution < -0.4 is 0 Å². The second-order valence-electron chi connectivity index (χ2n) is 3.78. The fourth-order valence-electron chi connectivity index (χ4n) is 1.95. The number of hydrogen-bond donors (Lipinski definition) is 0. The van der Waals surface area contributed by atoms with Crippen molar-refractivity contribution < 1.29 is 8.42 Å². The zero-order valence-electron chi connectivity index (χ0n) is 9.52. The number of rotatable bonds is 4. The van der Waals surface area contributed by atoms with Gasteiger partial charge in [0.25, 0.3) is 0 Å². The van der Waals surface area contributed by atoms with Gasteiger partial charge in [0, 0.05) is 31.1 Å². The van der Waals surface area contributed by atoms with Gasteiger partial charge < -0.3 is 4.90 Å². The summed E-state index contributed by atoms with van der Waals surface area (Å²) in [5.41, 5.74) is 0. The van der Waals surface area contributed by atoms with Crippen molar-refractivity contribution in [1.82, 2.24) is 9.21 Å². The van der Waals surface area contributed by atoms with Crippen molar-refractivity contribution in [3.05, 3.63) is 12.0 Å². The predicted molar refractivity (Wildman–Crippen MR) is 62.0 cm³/mol. The third-order valence-corrected chi connectivity index (χ3v) is 4.52. The first-order valence-corrected chi connectivity index (χ1v) is 6.92. The predicted octanol–water partition coefficient (Wildman–Crippen LogP) is 0.876. The molecule has 0 amide bonds. The lowest BCUT2D eigenvalue weighted by molar-refractivity contribution is 0.139. The van der Waals surface area contributed by atoms with Crippen LogP contribution in [-0.4, -0.2) is 49.8 Å². The molecule has 1 aliphatic heterocycles. The van der Waals surface area contributed by atoms with Crippen LogP contribution in [0.4, 0.5) is 0 Å². The Hall–Kier alpha value is -0.390. The van der Waals surface area contributed by atoms with Gasteiger partial charge in [0.1, 0.15) is 0 Å². The van der Waals surface area contributed by atoms with Gasteiger partial charge in [-0.05, 0) is 13.0 Å². The Labute approximate surface area is 92.6 Å². The second-order valence-corrected chi connectivity index (χ2v) is 5.61. The Morgan fingerprint density at radius 1 is 1.40 bits per heavy atom. The SMILES string of the molecule is C=CS(=O)(=O)N1CCN(CC)CC1CC. The average Bonchev–Trinajstić information content (AvgIpc) is 2.28. The van der Waals surface area contributed by atoms with E-state index in [1.807, 2.05) is 6.92 Å². The maximum absolute atomic E-state index is 11.7. The molecular weight excluding hydrogens is 212 g/mol. The molecule has 0 saturated carbocycles. The van der Waals surface area contributed by atoms with Crippen LogP contribution in [0, 0.1) is 0 Å². The molecule has 0 aromatic carbocycles. The first kappa shape index (κ1) is 12.7. The lowest BCUT2D eigenvalue weighted by Gasteiger charge is -2.39. The molecule has 0 aromatic rings. The summed E-state index contributed by atoms with van der Waals surface area (Å²) in [4.78, 5) is 2.28. The van der Waals surface area contributed by atoms with Gasteiger partial charge in [-0.1, -0.05) is 20.4 Å². The summed E-state index contributed by atoms with van der Waals surface area (Å²) in [5, 5.41) is 1.05. The number of nitrogens with zero attached hydrogens (tertiary/aromatic N) is 2. The second kappa shape index (κ2) is 5.09. The Bertz CT molecular complexity index is 313. The average molecular weight is 232 g/mol. The maximum Gasteiger partial charge on any atom is 0.235 e. The van der Waals surface area contributed by atoms with Crippen molar-refractivity contribution in [2.75, 3.05) is 26.2 Å².